The summed E-state index contributed by atoms with van der Waals surface area (Å²) in [4.78, 5) is 15.3. The minimum absolute atomic E-state index is 0.000596. The highest BCUT2D eigenvalue weighted by Crippen LogP contribution is 2.43. The first-order chi connectivity index (χ1) is 14.9. The standard InChI is InChI=1S/C26H26ClNO3/c1-16(2)31-24-15-22-19(13-23(24)30-4)14-25(29)28(21-11-5-17(3)6-12-21)26(22)18-7-9-20(27)10-8-18/h5-13,15-16,26H,14H2,1-4H3/t26-/m0/s1. The summed E-state index contributed by atoms with van der Waals surface area (Å²) in [7, 11) is 1.62. The SMILES string of the molecule is COc1cc2c(cc1OC(C)C)[C@H](c1ccc(Cl)cc1)N(c1ccc(C)cc1)C(=O)C2. The van der Waals surface area contributed by atoms with Crippen molar-refractivity contribution in [3.63, 3.8) is 0 Å². The molecule has 3 aromatic carbocycles. The van der Waals surface area contributed by atoms with E-state index in [1.54, 1.807) is 7.11 Å². The predicted molar refractivity (Wildman–Crippen MR) is 124 cm³/mol. The predicted octanol–water partition coefficient (Wildman–Crippen LogP) is 6.12. The van der Waals surface area contributed by atoms with Gasteiger partial charge in [0.1, 0.15) is 0 Å². The zero-order chi connectivity index (χ0) is 22.1. The van der Waals surface area contributed by atoms with Crippen molar-refractivity contribution in [3.8, 4) is 11.5 Å². The summed E-state index contributed by atoms with van der Waals surface area (Å²) < 4.78 is 11.6. The molecule has 4 nitrogen and oxygen atoms in total. The van der Waals surface area contributed by atoms with Gasteiger partial charge in [-0.15, -0.1) is 0 Å². The van der Waals surface area contributed by atoms with Gasteiger partial charge < -0.3 is 14.4 Å². The van der Waals surface area contributed by atoms with Crippen LogP contribution in [0.15, 0.2) is 60.7 Å². The van der Waals surface area contributed by atoms with Crippen molar-refractivity contribution in [2.45, 2.75) is 39.3 Å². The number of carbonyl (C=O) groups excluding carboxylic acids is 1. The second-order valence-corrected chi connectivity index (χ2v) is 8.54. The van der Waals surface area contributed by atoms with Crippen LogP contribution in [0.4, 0.5) is 5.69 Å². The number of fused-ring (bicyclic) bond motifs is 1. The maximum atomic E-state index is 13.4. The summed E-state index contributed by atoms with van der Waals surface area (Å²) in [6.07, 6.45) is 0.297. The Morgan fingerprint density at radius 3 is 2.29 bits per heavy atom. The van der Waals surface area contributed by atoms with Crippen LogP contribution in [0.1, 0.15) is 42.1 Å². The topological polar surface area (TPSA) is 38.8 Å². The lowest BCUT2D eigenvalue weighted by Crippen LogP contribution is -2.41. The van der Waals surface area contributed by atoms with Gasteiger partial charge in [-0.3, -0.25) is 4.79 Å². The maximum Gasteiger partial charge on any atom is 0.232 e. The maximum absolute atomic E-state index is 13.4. The lowest BCUT2D eigenvalue weighted by atomic mass is 9.86. The van der Waals surface area contributed by atoms with Gasteiger partial charge in [0.05, 0.1) is 25.7 Å². The van der Waals surface area contributed by atoms with Gasteiger partial charge in [-0.2, -0.15) is 0 Å². The molecule has 0 fully saturated rings. The van der Waals surface area contributed by atoms with Crippen LogP contribution in [0.5, 0.6) is 11.5 Å². The minimum atomic E-state index is -0.295. The Labute approximate surface area is 188 Å². The number of aryl methyl sites for hydroxylation is 1. The Bertz CT molecular complexity index is 1090. The van der Waals surface area contributed by atoms with Crippen LogP contribution >= 0.6 is 11.6 Å². The number of amides is 1. The molecule has 1 amide bonds. The van der Waals surface area contributed by atoms with Gasteiger partial charge in [-0.05, 0) is 73.9 Å². The number of carbonyl (C=O) groups is 1. The number of anilines is 1. The fourth-order valence-corrected chi connectivity index (χ4v) is 4.16. The first kappa shape index (κ1) is 21.3. The van der Waals surface area contributed by atoms with Crippen molar-refractivity contribution >= 4 is 23.2 Å². The molecule has 1 heterocycles. The number of ether oxygens (including phenoxy) is 2. The van der Waals surface area contributed by atoms with E-state index < -0.39 is 0 Å². The molecule has 0 unspecified atom stereocenters. The first-order valence-corrected chi connectivity index (χ1v) is 10.8. The molecule has 1 aliphatic heterocycles. The van der Waals surface area contributed by atoms with Gasteiger partial charge >= 0.3 is 0 Å². The number of methoxy groups -OCH3 is 1. The molecule has 0 radical (unpaired) electrons. The molecule has 0 spiro atoms. The van der Waals surface area contributed by atoms with Gasteiger partial charge in [0, 0.05) is 10.7 Å². The Kier molecular flexibility index (Phi) is 5.92. The van der Waals surface area contributed by atoms with E-state index in [0.29, 0.717) is 22.9 Å². The van der Waals surface area contributed by atoms with Crippen LogP contribution in [0.2, 0.25) is 5.02 Å². The highest BCUT2D eigenvalue weighted by Gasteiger charge is 2.36. The molecule has 0 saturated carbocycles. The second kappa shape index (κ2) is 8.64. The lowest BCUT2D eigenvalue weighted by Gasteiger charge is -2.38. The summed E-state index contributed by atoms with van der Waals surface area (Å²) in [6, 6.07) is 19.4. The summed E-state index contributed by atoms with van der Waals surface area (Å²) in [5, 5.41) is 0.659. The van der Waals surface area contributed by atoms with Gasteiger partial charge in [-0.25, -0.2) is 0 Å². The number of rotatable bonds is 5. The molecule has 1 atom stereocenters. The van der Waals surface area contributed by atoms with E-state index in [1.165, 1.54) is 0 Å². The van der Waals surface area contributed by atoms with E-state index >= 15 is 0 Å². The van der Waals surface area contributed by atoms with E-state index in [4.69, 9.17) is 21.1 Å². The van der Waals surface area contributed by atoms with Crippen molar-refractivity contribution in [2.24, 2.45) is 0 Å². The van der Waals surface area contributed by atoms with Crippen molar-refractivity contribution in [1.82, 2.24) is 0 Å². The molecule has 160 valence electrons. The molecule has 0 bridgehead atoms. The fraction of sp³-hybridized carbons (Fsp3) is 0.269. The third-order valence-electron chi connectivity index (χ3n) is 5.45. The van der Waals surface area contributed by atoms with Gasteiger partial charge in [0.2, 0.25) is 5.91 Å². The first-order valence-electron chi connectivity index (χ1n) is 10.4. The zero-order valence-corrected chi connectivity index (χ0v) is 18.9. The van der Waals surface area contributed by atoms with E-state index in [0.717, 1.165) is 27.9 Å². The third-order valence-corrected chi connectivity index (χ3v) is 5.70. The Morgan fingerprint density at radius 2 is 1.68 bits per heavy atom. The molecule has 0 N–H and O–H groups in total. The van der Waals surface area contributed by atoms with Crippen LogP contribution in [0, 0.1) is 6.92 Å². The fourth-order valence-electron chi connectivity index (χ4n) is 4.03. The van der Waals surface area contributed by atoms with Crippen LogP contribution in [0.25, 0.3) is 0 Å². The molecule has 1 aliphatic rings. The zero-order valence-electron chi connectivity index (χ0n) is 18.2. The van der Waals surface area contributed by atoms with E-state index in [2.05, 4.69) is 0 Å². The van der Waals surface area contributed by atoms with Crippen molar-refractivity contribution < 1.29 is 14.3 Å². The van der Waals surface area contributed by atoms with Crippen molar-refractivity contribution in [2.75, 3.05) is 12.0 Å². The largest absolute Gasteiger partial charge is 0.493 e. The Morgan fingerprint density at radius 1 is 1.00 bits per heavy atom. The molecule has 5 heteroatoms. The highest BCUT2D eigenvalue weighted by atomic mass is 35.5. The number of hydrogen-bond acceptors (Lipinski definition) is 3. The monoisotopic (exact) mass is 435 g/mol. The molecule has 0 aliphatic carbocycles. The van der Waals surface area contributed by atoms with Crippen molar-refractivity contribution in [1.29, 1.82) is 0 Å². The molecular formula is C26H26ClNO3. The number of hydrogen-bond donors (Lipinski definition) is 0. The van der Waals surface area contributed by atoms with E-state index in [-0.39, 0.29) is 18.1 Å². The van der Waals surface area contributed by atoms with Crippen molar-refractivity contribution in [3.05, 3.63) is 87.9 Å². The van der Waals surface area contributed by atoms with Gasteiger partial charge in [-0.1, -0.05) is 41.4 Å². The third kappa shape index (κ3) is 4.26. The van der Waals surface area contributed by atoms with Crippen LogP contribution < -0.4 is 14.4 Å². The molecule has 31 heavy (non-hydrogen) atoms. The highest BCUT2D eigenvalue weighted by molar-refractivity contribution is 6.30. The average Bonchev–Trinajstić information content (AvgIpc) is 2.74. The summed E-state index contributed by atoms with van der Waals surface area (Å²) in [5.74, 6) is 1.35. The number of halogens is 1. The normalized spacial score (nSPS) is 15.7. The average molecular weight is 436 g/mol. The molecule has 3 aromatic rings. The molecule has 0 aromatic heterocycles. The van der Waals surface area contributed by atoms with Crippen LogP contribution in [-0.2, 0) is 11.2 Å². The number of nitrogens with zero attached hydrogens (tertiary/aromatic N) is 1. The molecule has 0 saturated heterocycles. The lowest BCUT2D eigenvalue weighted by molar-refractivity contribution is -0.118. The van der Waals surface area contributed by atoms with E-state index in [9.17, 15) is 4.79 Å². The van der Waals surface area contributed by atoms with Crippen LogP contribution in [-0.4, -0.2) is 19.1 Å². The van der Waals surface area contributed by atoms with Gasteiger partial charge in [0.25, 0.3) is 0 Å². The molecule has 4 rings (SSSR count). The van der Waals surface area contributed by atoms with E-state index in [1.807, 2.05) is 86.3 Å². The minimum Gasteiger partial charge on any atom is -0.493 e. The number of benzene rings is 3. The summed E-state index contributed by atoms with van der Waals surface area (Å²) >= 11 is 6.16. The second-order valence-electron chi connectivity index (χ2n) is 8.10. The van der Waals surface area contributed by atoms with Crippen LogP contribution in [0.3, 0.4) is 0 Å². The Balaban J connectivity index is 1.92. The summed E-state index contributed by atoms with van der Waals surface area (Å²) in [5.41, 5.74) is 4.97. The summed E-state index contributed by atoms with van der Waals surface area (Å²) in [6.45, 7) is 6.00. The molecular weight excluding hydrogens is 410 g/mol. The van der Waals surface area contributed by atoms with Gasteiger partial charge in [0.15, 0.2) is 11.5 Å². The smallest absolute Gasteiger partial charge is 0.232 e. The quantitative estimate of drug-likeness (QED) is 0.484. The Hall–Kier alpha value is -2.98.